The Morgan fingerprint density at radius 3 is 2.57 bits per heavy atom. The van der Waals surface area contributed by atoms with Crippen LogP contribution >= 0.6 is 24.0 Å². The first-order chi connectivity index (χ1) is 13.0. The maximum atomic E-state index is 4.48. The molecule has 1 aromatic heterocycles. The minimum Gasteiger partial charge on any atom is -0.372 e. The van der Waals surface area contributed by atoms with Crippen molar-refractivity contribution >= 4 is 35.6 Å². The van der Waals surface area contributed by atoms with Crippen LogP contribution in [0.1, 0.15) is 48.3 Å². The zero-order chi connectivity index (χ0) is 19.4. The standard InChI is InChI=1S/C21H32N6.HI/c1-15(18-9-8-10-19(13-18)27-11-6-7-12-27)24-21(22-4)23-14-20-16(2)25-26(5)17(20)3;/h8-10,13,15H,6-7,11-12,14H2,1-5H3,(H2,22,23,24);1H. The number of aliphatic imine (C=N–C) groups is 1. The Hall–Kier alpha value is -1.77. The number of halogens is 1. The molecule has 3 rings (SSSR count). The molecule has 7 heteroatoms. The molecule has 154 valence electrons. The van der Waals surface area contributed by atoms with Crippen LogP contribution in [0.15, 0.2) is 29.3 Å². The maximum absolute atomic E-state index is 4.48. The van der Waals surface area contributed by atoms with Crippen molar-refractivity contribution in [2.24, 2.45) is 12.0 Å². The van der Waals surface area contributed by atoms with Gasteiger partial charge in [0.05, 0.1) is 11.7 Å². The molecule has 0 saturated carbocycles. The molecule has 28 heavy (non-hydrogen) atoms. The Bertz CT molecular complexity index is 807. The molecular weight excluding hydrogens is 463 g/mol. The van der Waals surface area contributed by atoms with E-state index >= 15 is 0 Å². The Balaban J connectivity index is 0.00000280. The van der Waals surface area contributed by atoms with Crippen LogP contribution in [0.2, 0.25) is 0 Å². The lowest BCUT2D eigenvalue weighted by molar-refractivity contribution is 0.683. The van der Waals surface area contributed by atoms with Gasteiger partial charge in [-0.25, -0.2) is 0 Å². The van der Waals surface area contributed by atoms with Gasteiger partial charge >= 0.3 is 0 Å². The van der Waals surface area contributed by atoms with Gasteiger partial charge in [-0.05, 0) is 51.3 Å². The van der Waals surface area contributed by atoms with E-state index in [0.29, 0.717) is 6.54 Å². The molecule has 1 aromatic carbocycles. The molecule has 6 nitrogen and oxygen atoms in total. The summed E-state index contributed by atoms with van der Waals surface area (Å²) in [6.45, 7) is 9.37. The van der Waals surface area contributed by atoms with E-state index in [1.165, 1.54) is 35.3 Å². The lowest BCUT2D eigenvalue weighted by atomic mass is 10.1. The number of aryl methyl sites for hydroxylation is 2. The summed E-state index contributed by atoms with van der Waals surface area (Å²) in [6.07, 6.45) is 2.59. The fourth-order valence-corrected chi connectivity index (χ4v) is 3.69. The third-order valence-electron chi connectivity index (χ3n) is 5.51. The molecule has 2 heterocycles. The molecular formula is C21H33IN6. The van der Waals surface area contributed by atoms with E-state index < -0.39 is 0 Å². The molecule has 1 atom stereocenters. The van der Waals surface area contributed by atoms with Crippen LogP contribution in [0.5, 0.6) is 0 Å². The van der Waals surface area contributed by atoms with Crippen molar-refractivity contribution in [2.75, 3.05) is 25.0 Å². The number of hydrogen-bond acceptors (Lipinski definition) is 3. The molecule has 1 aliphatic rings. The number of guanidine groups is 1. The first-order valence-corrected chi connectivity index (χ1v) is 9.80. The van der Waals surface area contributed by atoms with E-state index in [0.717, 1.165) is 24.7 Å². The molecule has 0 aliphatic carbocycles. The second-order valence-corrected chi connectivity index (χ2v) is 7.35. The van der Waals surface area contributed by atoms with Crippen molar-refractivity contribution in [3.8, 4) is 0 Å². The average Bonchev–Trinajstić information content (AvgIpc) is 3.28. The Morgan fingerprint density at radius 2 is 1.96 bits per heavy atom. The molecule has 0 radical (unpaired) electrons. The maximum Gasteiger partial charge on any atom is 0.191 e. The van der Waals surface area contributed by atoms with Gasteiger partial charge in [0, 0.05) is 50.7 Å². The summed E-state index contributed by atoms with van der Waals surface area (Å²) in [4.78, 5) is 6.86. The number of benzene rings is 1. The van der Waals surface area contributed by atoms with E-state index in [4.69, 9.17) is 0 Å². The lowest BCUT2D eigenvalue weighted by Crippen LogP contribution is -2.38. The van der Waals surface area contributed by atoms with E-state index in [1.54, 1.807) is 0 Å². The molecule has 1 unspecified atom stereocenters. The molecule has 1 fully saturated rings. The quantitative estimate of drug-likeness (QED) is 0.377. The van der Waals surface area contributed by atoms with Gasteiger partial charge in [0.25, 0.3) is 0 Å². The highest BCUT2D eigenvalue weighted by Gasteiger charge is 2.15. The number of hydrogen-bond donors (Lipinski definition) is 2. The van der Waals surface area contributed by atoms with E-state index in [2.05, 4.69) is 63.7 Å². The number of nitrogens with one attached hydrogen (secondary N) is 2. The van der Waals surface area contributed by atoms with Crippen LogP contribution in [-0.4, -0.2) is 35.9 Å². The molecule has 2 N–H and O–H groups in total. The normalized spacial score (nSPS) is 15.3. The van der Waals surface area contributed by atoms with Crippen LogP contribution in [0.3, 0.4) is 0 Å². The molecule has 2 aromatic rings. The predicted octanol–water partition coefficient (Wildman–Crippen LogP) is 3.68. The molecule has 1 saturated heterocycles. The number of anilines is 1. The minimum atomic E-state index is 0. The average molecular weight is 496 g/mol. The second-order valence-electron chi connectivity index (χ2n) is 7.35. The van der Waals surface area contributed by atoms with Gasteiger partial charge in [0.2, 0.25) is 0 Å². The number of aromatic nitrogens is 2. The van der Waals surface area contributed by atoms with Gasteiger partial charge < -0.3 is 15.5 Å². The van der Waals surface area contributed by atoms with Crippen LogP contribution in [0, 0.1) is 13.8 Å². The smallest absolute Gasteiger partial charge is 0.191 e. The highest BCUT2D eigenvalue weighted by Crippen LogP contribution is 2.24. The van der Waals surface area contributed by atoms with E-state index in [-0.39, 0.29) is 30.0 Å². The summed E-state index contributed by atoms with van der Waals surface area (Å²) in [7, 11) is 3.79. The fraction of sp³-hybridized carbons (Fsp3) is 0.524. The van der Waals surface area contributed by atoms with Crippen LogP contribution < -0.4 is 15.5 Å². The first-order valence-electron chi connectivity index (χ1n) is 9.80. The summed E-state index contributed by atoms with van der Waals surface area (Å²) in [5, 5.41) is 11.4. The monoisotopic (exact) mass is 496 g/mol. The van der Waals surface area contributed by atoms with Crippen molar-refractivity contribution in [1.82, 2.24) is 20.4 Å². The largest absolute Gasteiger partial charge is 0.372 e. The molecule has 1 aliphatic heterocycles. The lowest BCUT2D eigenvalue weighted by Gasteiger charge is -2.22. The third-order valence-corrected chi connectivity index (χ3v) is 5.51. The van der Waals surface area contributed by atoms with Crippen molar-refractivity contribution in [2.45, 2.75) is 46.2 Å². The Labute approximate surface area is 185 Å². The van der Waals surface area contributed by atoms with Crippen molar-refractivity contribution < 1.29 is 0 Å². The molecule has 0 spiro atoms. The summed E-state index contributed by atoms with van der Waals surface area (Å²) in [5.41, 5.74) is 6.06. The summed E-state index contributed by atoms with van der Waals surface area (Å²) < 4.78 is 1.93. The van der Waals surface area contributed by atoms with Gasteiger partial charge in [0.1, 0.15) is 0 Å². The van der Waals surface area contributed by atoms with Gasteiger partial charge in [-0.1, -0.05) is 12.1 Å². The molecule has 0 amide bonds. The van der Waals surface area contributed by atoms with Gasteiger partial charge in [-0.3, -0.25) is 9.67 Å². The number of rotatable bonds is 5. The SMILES string of the molecule is CN=C(NCc1c(C)nn(C)c1C)NC(C)c1cccc(N2CCCC2)c1.I. The van der Waals surface area contributed by atoms with E-state index in [9.17, 15) is 0 Å². The number of nitrogens with zero attached hydrogens (tertiary/aromatic N) is 4. The Kier molecular flexibility index (Phi) is 8.15. The third kappa shape index (κ3) is 5.18. The second kappa shape index (κ2) is 10.1. The minimum absolute atomic E-state index is 0. The fourth-order valence-electron chi connectivity index (χ4n) is 3.69. The highest BCUT2D eigenvalue weighted by atomic mass is 127. The van der Waals surface area contributed by atoms with Crippen molar-refractivity contribution in [1.29, 1.82) is 0 Å². The van der Waals surface area contributed by atoms with Crippen LogP contribution in [0.25, 0.3) is 0 Å². The summed E-state index contributed by atoms with van der Waals surface area (Å²) >= 11 is 0. The zero-order valence-electron chi connectivity index (χ0n) is 17.6. The van der Waals surface area contributed by atoms with Gasteiger partial charge in [-0.2, -0.15) is 5.10 Å². The van der Waals surface area contributed by atoms with Gasteiger partial charge in [0.15, 0.2) is 5.96 Å². The predicted molar refractivity (Wildman–Crippen MR) is 128 cm³/mol. The first kappa shape index (κ1) is 22.5. The van der Waals surface area contributed by atoms with Crippen LogP contribution in [-0.2, 0) is 13.6 Å². The van der Waals surface area contributed by atoms with Crippen LogP contribution in [0.4, 0.5) is 5.69 Å². The van der Waals surface area contributed by atoms with Crippen molar-refractivity contribution in [3.05, 3.63) is 46.8 Å². The van der Waals surface area contributed by atoms with Gasteiger partial charge in [-0.15, -0.1) is 24.0 Å². The highest BCUT2D eigenvalue weighted by molar-refractivity contribution is 14.0. The topological polar surface area (TPSA) is 57.5 Å². The van der Waals surface area contributed by atoms with E-state index in [1.807, 2.05) is 25.7 Å². The molecule has 0 bridgehead atoms. The van der Waals surface area contributed by atoms with Crippen molar-refractivity contribution in [3.63, 3.8) is 0 Å². The zero-order valence-corrected chi connectivity index (χ0v) is 19.9. The summed E-state index contributed by atoms with van der Waals surface area (Å²) in [6, 6.07) is 9.02. The Morgan fingerprint density at radius 1 is 1.25 bits per heavy atom. The summed E-state index contributed by atoms with van der Waals surface area (Å²) in [5.74, 6) is 0.803.